The van der Waals surface area contributed by atoms with E-state index in [1.54, 1.807) is 0 Å². The van der Waals surface area contributed by atoms with Crippen molar-refractivity contribution in [1.82, 2.24) is 0 Å². The Morgan fingerprint density at radius 2 is 1.85 bits per heavy atom. The largest absolute Gasteiger partial charge is 0.378 e. The summed E-state index contributed by atoms with van der Waals surface area (Å²) in [4.78, 5) is 7.02. The first-order valence-corrected chi connectivity index (χ1v) is 7.16. The Labute approximate surface area is 120 Å². The van der Waals surface area contributed by atoms with Crippen LogP contribution in [0.25, 0.3) is 0 Å². The number of rotatable bonds is 2. The minimum Gasteiger partial charge on any atom is -0.378 e. The van der Waals surface area contributed by atoms with Crippen LogP contribution in [0, 0.1) is 0 Å². The van der Waals surface area contributed by atoms with Gasteiger partial charge in [0.2, 0.25) is 0 Å². The third kappa shape index (κ3) is 3.17. The van der Waals surface area contributed by atoms with Crippen molar-refractivity contribution in [3.8, 4) is 0 Å². The second kappa shape index (κ2) is 6.06. The zero-order valence-corrected chi connectivity index (χ0v) is 11.9. The molecule has 2 aliphatic rings. The molecule has 104 valence electrons. The van der Waals surface area contributed by atoms with Crippen molar-refractivity contribution in [3.05, 3.63) is 48.1 Å². The van der Waals surface area contributed by atoms with E-state index in [-0.39, 0.29) is 0 Å². The molecule has 1 aliphatic heterocycles. The first kappa shape index (κ1) is 13.1. The van der Waals surface area contributed by atoms with Gasteiger partial charge in [0.15, 0.2) is 0 Å². The van der Waals surface area contributed by atoms with Gasteiger partial charge in [0, 0.05) is 18.8 Å². The second-order valence-corrected chi connectivity index (χ2v) is 5.25. The molecule has 1 aromatic rings. The topological polar surface area (TPSA) is 24.8 Å². The molecular weight excluding hydrogens is 248 g/mol. The predicted molar refractivity (Wildman–Crippen MR) is 84.1 cm³/mol. The Kier molecular flexibility index (Phi) is 3.97. The normalized spacial score (nSPS) is 21.1. The lowest BCUT2D eigenvalue weighted by molar-refractivity contribution is 0.122. The Bertz CT molecular complexity index is 549. The zero-order chi connectivity index (χ0) is 13.8. The lowest BCUT2D eigenvalue weighted by Crippen LogP contribution is -2.36. The summed E-state index contributed by atoms with van der Waals surface area (Å²) in [5.41, 5.74) is 4.65. The summed E-state index contributed by atoms with van der Waals surface area (Å²) in [7, 11) is 0. The molecule has 1 aliphatic carbocycles. The number of morpholine rings is 1. The maximum atomic E-state index is 5.38. The van der Waals surface area contributed by atoms with Gasteiger partial charge in [-0.15, -0.1) is 0 Å². The van der Waals surface area contributed by atoms with E-state index in [9.17, 15) is 0 Å². The molecule has 3 rings (SSSR count). The summed E-state index contributed by atoms with van der Waals surface area (Å²) in [6.07, 6.45) is 7.43. The van der Waals surface area contributed by atoms with Crippen molar-refractivity contribution >= 4 is 17.1 Å². The molecule has 3 heteroatoms. The molecule has 0 radical (unpaired) electrons. The van der Waals surface area contributed by atoms with Crippen molar-refractivity contribution < 1.29 is 4.74 Å². The van der Waals surface area contributed by atoms with Crippen molar-refractivity contribution in [2.45, 2.75) is 13.3 Å². The molecule has 1 aromatic carbocycles. The monoisotopic (exact) mass is 268 g/mol. The van der Waals surface area contributed by atoms with Crippen LogP contribution in [0.15, 0.2) is 53.1 Å². The van der Waals surface area contributed by atoms with Gasteiger partial charge < -0.3 is 9.64 Å². The van der Waals surface area contributed by atoms with Crippen LogP contribution >= 0.6 is 0 Å². The lowest BCUT2D eigenvalue weighted by Gasteiger charge is -2.28. The number of hydrogen-bond donors (Lipinski definition) is 0. The van der Waals surface area contributed by atoms with E-state index in [0.29, 0.717) is 0 Å². The van der Waals surface area contributed by atoms with E-state index in [1.165, 1.54) is 11.3 Å². The maximum Gasteiger partial charge on any atom is 0.0642 e. The van der Waals surface area contributed by atoms with Crippen LogP contribution in [0.2, 0.25) is 0 Å². The molecule has 0 saturated carbocycles. The molecular formula is C17H20N2O. The summed E-state index contributed by atoms with van der Waals surface area (Å²) in [5.74, 6) is 0. The van der Waals surface area contributed by atoms with Gasteiger partial charge in [-0.05, 0) is 49.8 Å². The lowest BCUT2D eigenvalue weighted by atomic mass is 10.1. The highest BCUT2D eigenvalue weighted by Crippen LogP contribution is 2.21. The van der Waals surface area contributed by atoms with Crippen molar-refractivity contribution in [1.29, 1.82) is 0 Å². The van der Waals surface area contributed by atoms with Gasteiger partial charge in [-0.25, -0.2) is 4.99 Å². The Balaban J connectivity index is 1.74. The Hall–Kier alpha value is -1.87. The van der Waals surface area contributed by atoms with Crippen LogP contribution in [0.4, 0.5) is 11.4 Å². The molecule has 0 spiro atoms. The van der Waals surface area contributed by atoms with Gasteiger partial charge in [0.1, 0.15) is 0 Å². The van der Waals surface area contributed by atoms with Gasteiger partial charge in [0.05, 0.1) is 24.6 Å². The summed E-state index contributed by atoms with van der Waals surface area (Å²) in [5, 5.41) is 0. The Morgan fingerprint density at radius 1 is 1.10 bits per heavy atom. The molecule has 0 atom stereocenters. The summed E-state index contributed by atoms with van der Waals surface area (Å²) < 4.78 is 5.38. The van der Waals surface area contributed by atoms with E-state index in [4.69, 9.17) is 4.74 Å². The van der Waals surface area contributed by atoms with E-state index >= 15 is 0 Å². The molecule has 1 fully saturated rings. The molecule has 0 aromatic heterocycles. The SMILES string of the molecule is CC1=CC(=Nc2ccc(N3CCOCC3)cc2)C=CC1. The van der Waals surface area contributed by atoms with E-state index in [2.05, 4.69) is 59.3 Å². The van der Waals surface area contributed by atoms with Crippen LogP contribution in [0.3, 0.4) is 0 Å². The minimum atomic E-state index is 0.818. The number of aliphatic imine (C=N–C) groups is 1. The molecule has 0 N–H and O–H groups in total. The van der Waals surface area contributed by atoms with Crippen LogP contribution < -0.4 is 4.90 Å². The number of nitrogens with zero attached hydrogens (tertiary/aromatic N) is 2. The van der Waals surface area contributed by atoms with Gasteiger partial charge in [0.25, 0.3) is 0 Å². The molecule has 1 heterocycles. The first-order chi connectivity index (χ1) is 9.81. The number of allylic oxidation sites excluding steroid dienone is 4. The highest BCUT2D eigenvalue weighted by atomic mass is 16.5. The summed E-state index contributed by atoms with van der Waals surface area (Å²) in [6.45, 7) is 5.72. The molecule has 0 amide bonds. The summed E-state index contributed by atoms with van der Waals surface area (Å²) >= 11 is 0. The quantitative estimate of drug-likeness (QED) is 0.820. The third-order valence-electron chi connectivity index (χ3n) is 3.61. The number of ether oxygens (including phenoxy) is 1. The van der Waals surface area contributed by atoms with Crippen molar-refractivity contribution in [2.24, 2.45) is 4.99 Å². The second-order valence-electron chi connectivity index (χ2n) is 5.25. The smallest absolute Gasteiger partial charge is 0.0642 e. The van der Waals surface area contributed by atoms with E-state index < -0.39 is 0 Å². The molecule has 1 saturated heterocycles. The van der Waals surface area contributed by atoms with Crippen molar-refractivity contribution in [2.75, 3.05) is 31.2 Å². The fourth-order valence-corrected chi connectivity index (χ4v) is 2.50. The maximum absolute atomic E-state index is 5.38. The molecule has 0 unspecified atom stereocenters. The standard InChI is InChI=1S/C17H20N2O/c1-14-3-2-4-16(13-14)18-15-5-7-17(8-6-15)19-9-11-20-12-10-19/h2,4-8,13H,3,9-12H2,1H3. The molecule has 20 heavy (non-hydrogen) atoms. The van der Waals surface area contributed by atoms with Gasteiger partial charge >= 0.3 is 0 Å². The Morgan fingerprint density at radius 3 is 2.55 bits per heavy atom. The highest BCUT2D eigenvalue weighted by Gasteiger charge is 2.10. The van der Waals surface area contributed by atoms with Crippen LogP contribution in [0.1, 0.15) is 13.3 Å². The highest BCUT2D eigenvalue weighted by molar-refractivity contribution is 6.06. The van der Waals surface area contributed by atoms with Crippen LogP contribution in [-0.2, 0) is 4.74 Å². The fourth-order valence-electron chi connectivity index (χ4n) is 2.50. The zero-order valence-electron chi connectivity index (χ0n) is 11.9. The average Bonchev–Trinajstić information content (AvgIpc) is 2.49. The van der Waals surface area contributed by atoms with E-state index in [0.717, 1.165) is 44.1 Å². The fraction of sp³-hybridized carbons (Fsp3) is 0.353. The van der Waals surface area contributed by atoms with Gasteiger partial charge in [-0.3, -0.25) is 0 Å². The average molecular weight is 268 g/mol. The first-order valence-electron chi connectivity index (χ1n) is 7.16. The van der Waals surface area contributed by atoms with Crippen molar-refractivity contribution in [3.63, 3.8) is 0 Å². The number of anilines is 1. The predicted octanol–water partition coefficient (Wildman–Crippen LogP) is 3.50. The number of hydrogen-bond acceptors (Lipinski definition) is 3. The third-order valence-corrected chi connectivity index (χ3v) is 3.61. The van der Waals surface area contributed by atoms with Crippen LogP contribution in [-0.4, -0.2) is 32.0 Å². The number of benzene rings is 1. The van der Waals surface area contributed by atoms with Gasteiger partial charge in [-0.2, -0.15) is 0 Å². The molecule has 0 bridgehead atoms. The van der Waals surface area contributed by atoms with E-state index in [1.807, 2.05) is 0 Å². The molecule has 3 nitrogen and oxygen atoms in total. The minimum absolute atomic E-state index is 0.818. The van der Waals surface area contributed by atoms with Gasteiger partial charge in [-0.1, -0.05) is 11.6 Å². The van der Waals surface area contributed by atoms with Crippen LogP contribution in [0.5, 0.6) is 0 Å². The summed E-state index contributed by atoms with van der Waals surface area (Å²) in [6, 6.07) is 8.47.